The lowest BCUT2D eigenvalue weighted by molar-refractivity contribution is -0.120. The largest absolute Gasteiger partial charge is 0.491 e. The van der Waals surface area contributed by atoms with Crippen LogP contribution in [-0.4, -0.2) is 59.8 Å². The molecule has 11 heteroatoms. The molecule has 3 aliphatic heterocycles. The van der Waals surface area contributed by atoms with Crippen LogP contribution in [0.2, 0.25) is 0 Å². The van der Waals surface area contributed by atoms with Crippen molar-refractivity contribution in [2.45, 2.75) is 31.5 Å². The molecule has 9 nitrogen and oxygen atoms in total. The number of cyclic esters (lactones) is 1. The number of fused-ring (bicyclic) bond motifs is 3. The molecule has 0 aliphatic carbocycles. The van der Waals surface area contributed by atoms with Crippen LogP contribution in [0.1, 0.15) is 6.42 Å². The van der Waals surface area contributed by atoms with Crippen LogP contribution in [0, 0.1) is 0 Å². The predicted octanol–water partition coefficient (Wildman–Crippen LogP) is 1.60. The highest BCUT2D eigenvalue weighted by Crippen LogP contribution is 2.39. The van der Waals surface area contributed by atoms with Crippen molar-refractivity contribution in [2.24, 2.45) is 5.73 Å². The van der Waals surface area contributed by atoms with E-state index in [1.165, 1.54) is 0 Å². The minimum Gasteiger partial charge on any atom is -0.491 e. The fourth-order valence-corrected chi connectivity index (χ4v) is 4.03. The Hall–Kier alpha value is -3.37. The third-order valence-electron chi connectivity index (χ3n) is 5.68. The maximum atomic E-state index is 13.3. The number of hydrogen-bond acceptors (Lipinski definition) is 6. The fourth-order valence-electron chi connectivity index (χ4n) is 4.03. The van der Waals surface area contributed by atoms with E-state index in [4.69, 9.17) is 15.2 Å². The minimum absolute atomic E-state index is 0.117. The molecule has 0 radical (unpaired) electrons. The van der Waals surface area contributed by atoms with Gasteiger partial charge >= 0.3 is 6.09 Å². The van der Waals surface area contributed by atoms with Crippen LogP contribution in [0.5, 0.6) is 5.75 Å². The van der Waals surface area contributed by atoms with Gasteiger partial charge in [-0.2, -0.15) is 0 Å². The standard InChI is InChI=1S/C19H19F2N5O4/c20-16(21)13-9-30-19(28)26(13)15-8-24-5-6-29-14-7-10(1-2-11(14)18(24)23-15)25-4-3-12(25)17(22)27/h1-2,7-8,12-13,16H,3-6,9H2,(H2,22,27)/t12-,13-/m0/s1. The van der Waals surface area contributed by atoms with Gasteiger partial charge in [-0.15, -0.1) is 0 Å². The number of amides is 2. The summed E-state index contributed by atoms with van der Waals surface area (Å²) >= 11 is 0. The van der Waals surface area contributed by atoms with Crippen LogP contribution in [0.25, 0.3) is 11.4 Å². The molecule has 5 rings (SSSR count). The Kier molecular flexibility index (Phi) is 4.26. The van der Waals surface area contributed by atoms with Crippen molar-refractivity contribution in [3.63, 3.8) is 0 Å². The first kappa shape index (κ1) is 18.6. The number of ether oxygens (including phenoxy) is 2. The van der Waals surface area contributed by atoms with E-state index in [1.54, 1.807) is 10.8 Å². The van der Waals surface area contributed by atoms with Gasteiger partial charge in [0, 0.05) is 24.5 Å². The molecule has 0 spiro atoms. The fraction of sp³-hybridized carbons (Fsp3) is 0.421. The Bertz CT molecular complexity index is 1030. The van der Waals surface area contributed by atoms with Crippen LogP contribution >= 0.6 is 0 Å². The van der Waals surface area contributed by atoms with E-state index >= 15 is 0 Å². The van der Waals surface area contributed by atoms with Gasteiger partial charge in [0.25, 0.3) is 6.43 Å². The third-order valence-corrected chi connectivity index (χ3v) is 5.68. The van der Waals surface area contributed by atoms with Gasteiger partial charge in [-0.1, -0.05) is 0 Å². The van der Waals surface area contributed by atoms with E-state index in [0.29, 0.717) is 36.7 Å². The quantitative estimate of drug-likeness (QED) is 0.808. The molecular formula is C19H19F2N5O4. The van der Waals surface area contributed by atoms with Crippen molar-refractivity contribution in [3.05, 3.63) is 24.4 Å². The highest BCUT2D eigenvalue weighted by Gasteiger charge is 2.42. The molecule has 1 aromatic carbocycles. The molecule has 2 amide bonds. The second kappa shape index (κ2) is 6.85. The Morgan fingerprint density at radius 3 is 2.80 bits per heavy atom. The molecule has 0 unspecified atom stereocenters. The lowest BCUT2D eigenvalue weighted by Gasteiger charge is -2.40. The van der Waals surface area contributed by atoms with Crippen LogP contribution in [0.4, 0.5) is 25.1 Å². The number of benzene rings is 1. The van der Waals surface area contributed by atoms with E-state index in [1.807, 2.05) is 23.1 Å². The average molecular weight is 419 g/mol. The molecule has 30 heavy (non-hydrogen) atoms. The van der Waals surface area contributed by atoms with Crippen LogP contribution in [-0.2, 0) is 16.1 Å². The molecule has 4 heterocycles. The van der Waals surface area contributed by atoms with Gasteiger partial charge in [-0.05, 0) is 18.6 Å². The first-order valence-corrected chi connectivity index (χ1v) is 9.58. The monoisotopic (exact) mass is 419 g/mol. The number of nitrogens with zero attached hydrogens (tertiary/aromatic N) is 4. The summed E-state index contributed by atoms with van der Waals surface area (Å²) in [5.74, 6) is 0.814. The molecular weight excluding hydrogens is 400 g/mol. The number of carbonyl (C=O) groups is 2. The lowest BCUT2D eigenvalue weighted by Crippen LogP contribution is -2.55. The van der Waals surface area contributed by atoms with Gasteiger partial charge in [0.1, 0.15) is 36.9 Å². The Balaban J connectivity index is 1.50. The zero-order chi connectivity index (χ0) is 21.0. The first-order chi connectivity index (χ1) is 14.4. The Labute approximate surface area is 169 Å². The number of primary amides is 1. The van der Waals surface area contributed by atoms with Crippen molar-refractivity contribution in [2.75, 3.05) is 29.6 Å². The van der Waals surface area contributed by atoms with E-state index in [2.05, 4.69) is 4.98 Å². The summed E-state index contributed by atoms with van der Waals surface area (Å²) in [6, 6.07) is 3.76. The smallest absolute Gasteiger partial charge is 0.416 e. The number of alkyl halides is 2. The highest BCUT2D eigenvalue weighted by atomic mass is 19.3. The number of nitrogens with two attached hydrogens (primary N) is 1. The highest BCUT2D eigenvalue weighted by molar-refractivity contribution is 5.90. The SMILES string of the molecule is NC(=O)[C@@H]1CCN1c1ccc2c(c1)OCCn1cc(N3C(=O)OC[C@H]3C(F)F)nc1-2. The molecule has 2 saturated heterocycles. The second-order valence-corrected chi connectivity index (χ2v) is 7.39. The molecule has 2 N–H and O–H groups in total. The zero-order valence-electron chi connectivity index (χ0n) is 15.8. The summed E-state index contributed by atoms with van der Waals surface area (Å²) in [5.41, 5.74) is 6.91. The number of anilines is 2. The molecule has 0 saturated carbocycles. The first-order valence-electron chi connectivity index (χ1n) is 9.58. The Morgan fingerprint density at radius 2 is 2.10 bits per heavy atom. The van der Waals surface area contributed by atoms with E-state index in [-0.39, 0.29) is 24.4 Å². The molecule has 2 fully saturated rings. The van der Waals surface area contributed by atoms with Crippen molar-refractivity contribution in [1.29, 1.82) is 0 Å². The van der Waals surface area contributed by atoms with Gasteiger partial charge in [0.15, 0.2) is 5.82 Å². The summed E-state index contributed by atoms with van der Waals surface area (Å²) in [5, 5.41) is 0. The lowest BCUT2D eigenvalue weighted by atomic mass is 10.0. The molecule has 2 aromatic rings. The topological polar surface area (TPSA) is 103 Å². The van der Waals surface area contributed by atoms with Gasteiger partial charge in [0.2, 0.25) is 5.91 Å². The third kappa shape index (κ3) is 2.84. The summed E-state index contributed by atoms with van der Waals surface area (Å²) in [4.78, 5) is 30.8. The zero-order valence-corrected chi connectivity index (χ0v) is 15.8. The maximum absolute atomic E-state index is 13.3. The van der Waals surface area contributed by atoms with Crippen LogP contribution in [0.3, 0.4) is 0 Å². The predicted molar refractivity (Wildman–Crippen MR) is 102 cm³/mol. The Morgan fingerprint density at radius 1 is 1.27 bits per heavy atom. The van der Waals surface area contributed by atoms with Crippen LogP contribution in [0.15, 0.2) is 24.4 Å². The number of halogens is 2. The summed E-state index contributed by atoms with van der Waals surface area (Å²) in [6.45, 7) is 1.11. The average Bonchev–Trinajstić information content (AvgIpc) is 3.20. The number of carbonyl (C=O) groups excluding carboxylic acids is 2. The van der Waals surface area contributed by atoms with Gasteiger partial charge < -0.3 is 24.7 Å². The van der Waals surface area contributed by atoms with Gasteiger partial charge in [0.05, 0.1) is 12.1 Å². The van der Waals surface area contributed by atoms with Crippen molar-refractivity contribution in [1.82, 2.24) is 9.55 Å². The minimum atomic E-state index is -2.74. The van der Waals surface area contributed by atoms with Gasteiger partial charge in [-0.3, -0.25) is 4.79 Å². The van der Waals surface area contributed by atoms with E-state index < -0.39 is 18.6 Å². The summed E-state index contributed by atoms with van der Waals surface area (Å²) < 4.78 is 39.1. The summed E-state index contributed by atoms with van der Waals surface area (Å²) in [6.07, 6.45) is -1.32. The van der Waals surface area contributed by atoms with Crippen molar-refractivity contribution >= 4 is 23.5 Å². The van der Waals surface area contributed by atoms with Crippen LogP contribution < -0.4 is 20.3 Å². The number of aromatic nitrogens is 2. The normalized spacial score (nSPS) is 22.7. The number of imidazole rings is 1. The number of rotatable bonds is 4. The van der Waals surface area contributed by atoms with Crippen molar-refractivity contribution < 1.29 is 27.8 Å². The number of hydrogen-bond donors (Lipinski definition) is 1. The maximum Gasteiger partial charge on any atom is 0.416 e. The molecule has 1 aromatic heterocycles. The molecule has 2 atom stereocenters. The molecule has 3 aliphatic rings. The van der Waals surface area contributed by atoms with E-state index in [9.17, 15) is 18.4 Å². The molecule has 158 valence electrons. The molecule has 0 bridgehead atoms. The van der Waals surface area contributed by atoms with E-state index in [0.717, 1.165) is 17.1 Å². The van der Waals surface area contributed by atoms with Crippen molar-refractivity contribution in [3.8, 4) is 17.1 Å². The van der Waals surface area contributed by atoms with Gasteiger partial charge in [-0.25, -0.2) is 23.5 Å². The second-order valence-electron chi connectivity index (χ2n) is 7.39. The summed E-state index contributed by atoms with van der Waals surface area (Å²) in [7, 11) is 0.